The molecule has 0 aliphatic rings. The van der Waals surface area contributed by atoms with Gasteiger partial charge in [-0.05, 0) is 94.0 Å². The smallest absolute Gasteiger partial charge is 0.159 e. The zero-order chi connectivity index (χ0) is 37.7. The maximum Gasteiger partial charge on any atom is 0.159 e. The largest absolute Gasteiger partial charge is 0.454 e. The first-order chi connectivity index (χ1) is 28.3. The minimum atomic E-state index is 0.851. The van der Waals surface area contributed by atoms with Gasteiger partial charge in [0.2, 0.25) is 0 Å². The molecule has 11 rings (SSSR count). The van der Waals surface area contributed by atoms with Crippen molar-refractivity contribution >= 4 is 60.8 Å². The summed E-state index contributed by atoms with van der Waals surface area (Å²) in [5.74, 6) is 0. The van der Waals surface area contributed by atoms with Gasteiger partial charge < -0.3 is 13.9 Å². The maximum absolute atomic E-state index is 6.96. The summed E-state index contributed by atoms with van der Waals surface area (Å²) in [7, 11) is 0. The molecule has 11 aromatic rings. The average molecular weight is 729 g/mol. The minimum absolute atomic E-state index is 0.851. The van der Waals surface area contributed by atoms with E-state index in [1.807, 2.05) is 0 Å². The third-order valence-corrected chi connectivity index (χ3v) is 11.2. The highest BCUT2D eigenvalue weighted by molar-refractivity contribution is 6.28. The highest BCUT2D eigenvalue weighted by atomic mass is 16.3. The molecule has 0 atom stereocenters. The van der Waals surface area contributed by atoms with Crippen molar-refractivity contribution in [3.05, 3.63) is 218 Å². The Kier molecular flexibility index (Phi) is 7.82. The molecule has 0 fully saturated rings. The molecule has 0 aliphatic heterocycles. The third kappa shape index (κ3) is 5.60. The van der Waals surface area contributed by atoms with Crippen LogP contribution in [0.4, 0.5) is 17.1 Å². The van der Waals surface area contributed by atoms with Gasteiger partial charge in [0.25, 0.3) is 0 Å². The number of furan rings is 1. The Morgan fingerprint density at radius 1 is 0.333 bits per heavy atom. The molecule has 0 N–H and O–H groups in total. The van der Waals surface area contributed by atoms with Gasteiger partial charge in [-0.3, -0.25) is 0 Å². The highest BCUT2D eigenvalue weighted by Gasteiger charge is 2.23. The molecule has 3 heteroatoms. The Labute approximate surface area is 330 Å². The summed E-state index contributed by atoms with van der Waals surface area (Å²) in [4.78, 5) is 2.33. The lowest BCUT2D eigenvalue weighted by Crippen LogP contribution is -2.10. The van der Waals surface area contributed by atoms with Crippen LogP contribution in [-0.4, -0.2) is 4.57 Å². The van der Waals surface area contributed by atoms with Gasteiger partial charge in [0.15, 0.2) is 5.58 Å². The van der Waals surface area contributed by atoms with E-state index in [0.29, 0.717) is 0 Å². The van der Waals surface area contributed by atoms with Crippen LogP contribution in [0.15, 0.2) is 223 Å². The molecule has 0 amide bonds. The first kappa shape index (κ1) is 32.8. The van der Waals surface area contributed by atoms with Crippen LogP contribution in [-0.2, 0) is 0 Å². The number of hydrogen-bond donors (Lipinski definition) is 0. The summed E-state index contributed by atoms with van der Waals surface area (Å²) in [6.07, 6.45) is 0. The molecule has 9 aromatic carbocycles. The number of anilines is 3. The Morgan fingerprint density at radius 3 is 1.39 bits per heavy atom. The van der Waals surface area contributed by atoms with Crippen LogP contribution in [0.2, 0.25) is 0 Å². The number of para-hydroxylation sites is 3. The Balaban J connectivity index is 1.07. The van der Waals surface area contributed by atoms with E-state index in [1.165, 1.54) is 44.1 Å². The molecular weight excluding hydrogens is 693 g/mol. The number of rotatable bonds is 7. The molecule has 2 heterocycles. The summed E-state index contributed by atoms with van der Waals surface area (Å²) < 4.78 is 9.33. The molecule has 0 unspecified atom stereocenters. The van der Waals surface area contributed by atoms with E-state index in [4.69, 9.17) is 4.42 Å². The highest BCUT2D eigenvalue weighted by Crippen LogP contribution is 2.46. The molecular formula is C54H36N2O. The summed E-state index contributed by atoms with van der Waals surface area (Å²) in [6.45, 7) is 0. The number of benzene rings is 9. The van der Waals surface area contributed by atoms with Crippen molar-refractivity contribution in [2.45, 2.75) is 0 Å². The monoisotopic (exact) mass is 728 g/mol. The normalized spacial score (nSPS) is 11.5. The third-order valence-electron chi connectivity index (χ3n) is 11.2. The predicted molar refractivity (Wildman–Crippen MR) is 239 cm³/mol. The van der Waals surface area contributed by atoms with Crippen LogP contribution >= 0.6 is 0 Å². The topological polar surface area (TPSA) is 21.3 Å². The van der Waals surface area contributed by atoms with Gasteiger partial charge in [0, 0.05) is 38.6 Å². The molecule has 57 heavy (non-hydrogen) atoms. The lowest BCUT2D eigenvalue weighted by Gasteiger charge is -2.26. The van der Waals surface area contributed by atoms with Gasteiger partial charge in [-0.2, -0.15) is 0 Å². The van der Waals surface area contributed by atoms with Crippen molar-refractivity contribution in [2.75, 3.05) is 4.90 Å². The molecule has 268 valence electrons. The molecule has 3 nitrogen and oxygen atoms in total. The van der Waals surface area contributed by atoms with Gasteiger partial charge in [0.05, 0.1) is 16.7 Å². The molecule has 0 spiro atoms. The van der Waals surface area contributed by atoms with Crippen LogP contribution in [0, 0.1) is 0 Å². The lowest BCUT2D eigenvalue weighted by atomic mass is 10.00. The quantitative estimate of drug-likeness (QED) is 0.163. The van der Waals surface area contributed by atoms with Crippen molar-refractivity contribution < 1.29 is 4.42 Å². The van der Waals surface area contributed by atoms with Crippen molar-refractivity contribution in [3.63, 3.8) is 0 Å². The van der Waals surface area contributed by atoms with Crippen LogP contribution < -0.4 is 4.90 Å². The van der Waals surface area contributed by atoms with Gasteiger partial charge in [-0.25, -0.2) is 0 Å². The molecule has 0 saturated heterocycles. The van der Waals surface area contributed by atoms with E-state index in [2.05, 4.69) is 228 Å². The second-order valence-electron chi connectivity index (χ2n) is 14.5. The van der Waals surface area contributed by atoms with Crippen LogP contribution in [0.5, 0.6) is 0 Å². The Morgan fingerprint density at radius 2 is 0.807 bits per heavy atom. The standard InChI is InChI=1S/C54H36N2O/c1-4-13-37(14-5-1)39-23-25-40(26-24-39)42-29-33-45(34-30-42)55(44-31-27-41(28-32-44)38-15-6-2-7-16-38)50-22-12-20-47-53-51(57-54(47)50)36-35-49-52(53)46-19-10-11-21-48(46)56(49)43-17-8-3-9-18-43/h1-36H. The number of fused-ring (bicyclic) bond motifs is 7. The van der Waals surface area contributed by atoms with Crippen molar-refractivity contribution in [1.82, 2.24) is 4.57 Å². The fourth-order valence-electron chi connectivity index (χ4n) is 8.51. The van der Waals surface area contributed by atoms with Crippen molar-refractivity contribution in [2.24, 2.45) is 0 Å². The van der Waals surface area contributed by atoms with Gasteiger partial charge in [0.1, 0.15) is 5.58 Å². The van der Waals surface area contributed by atoms with Gasteiger partial charge >= 0.3 is 0 Å². The van der Waals surface area contributed by atoms with Gasteiger partial charge in [-0.15, -0.1) is 0 Å². The molecule has 0 bridgehead atoms. The zero-order valence-electron chi connectivity index (χ0n) is 31.1. The van der Waals surface area contributed by atoms with Crippen molar-refractivity contribution in [3.8, 4) is 39.1 Å². The SMILES string of the molecule is c1ccc(-c2ccc(-c3ccc(N(c4ccc(-c5ccccc5)cc4)c4cccc5c4oc4ccc6c(c7ccccc7n6-c6ccccc6)c45)cc3)cc2)cc1. The van der Waals surface area contributed by atoms with E-state index in [9.17, 15) is 0 Å². The van der Waals surface area contributed by atoms with E-state index in [-0.39, 0.29) is 0 Å². The van der Waals surface area contributed by atoms with Gasteiger partial charge in [-0.1, -0.05) is 158 Å². The fourth-order valence-corrected chi connectivity index (χ4v) is 8.51. The number of nitrogens with zero attached hydrogens (tertiary/aromatic N) is 2. The molecule has 0 saturated carbocycles. The van der Waals surface area contributed by atoms with E-state index < -0.39 is 0 Å². The second-order valence-corrected chi connectivity index (χ2v) is 14.5. The fraction of sp³-hybridized carbons (Fsp3) is 0. The first-order valence-electron chi connectivity index (χ1n) is 19.4. The van der Waals surface area contributed by atoms with E-state index >= 15 is 0 Å². The predicted octanol–water partition coefficient (Wildman–Crippen LogP) is 15.2. The Hall–Kier alpha value is -7.62. The van der Waals surface area contributed by atoms with Crippen molar-refractivity contribution in [1.29, 1.82) is 0 Å². The van der Waals surface area contributed by atoms with E-state index in [1.54, 1.807) is 0 Å². The average Bonchev–Trinajstić information content (AvgIpc) is 3.84. The molecule has 0 aliphatic carbocycles. The first-order valence-corrected chi connectivity index (χ1v) is 19.4. The summed E-state index contributed by atoms with van der Waals surface area (Å²) in [5, 5.41) is 4.62. The number of hydrogen-bond acceptors (Lipinski definition) is 2. The lowest BCUT2D eigenvalue weighted by molar-refractivity contribution is 0.669. The zero-order valence-corrected chi connectivity index (χ0v) is 31.1. The van der Waals surface area contributed by atoms with Crippen LogP contribution in [0.1, 0.15) is 0 Å². The number of aromatic nitrogens is 1. The summed E-state index contributed by atoms with van der Waals surface area (Å²) in [6, 6.07) is 77.8. The molecule has 2 aromatic heterocycles. The van der Waals surface area contributed by atoms with Crippen LogP contribution in [0.3, 0.4) is 0 Å². The Bertz CT molecular complexity index is 3180. The van der Waals surface area contributed by atoms with E-state index in [0.717, 1.165) is 55.8 Å². The summed E-state index contributed by atoms with van der Waals surface area (Å²) >= 11 is 0. The van der Waals surface area contributed by atoms with Crippen LogP contribution in [0.25, 0.3) is 82.8 Å². The second kappa shape index (κ2) is 13.6. The minimum Gasteiger partial charge on any atom is -0.454 e. The maximum atomic E-state index is 6.96. The molecule has 0 radical (unpaired) electrons. The summed E-state index contributed by atoms with van der Waals surface area (Å²) in [5.41, 5.74) is 15.4.